The minimum Gasteiger partial charge on any atom is -0.462 e. The zero-order valence-corrected chi connectivity index (χ0v) is 29.2. The normalized spacial score (nSPS) is 11.5. The van der Waals surface area contributed by atoms with Crippen LogP contribution in [0.5, 0.6) is 0 Å². The van der Waals surface area contributed by atoms with Crippen LogP contribution in [0, 0.1) is 13.8 Å². The van der Waals surface area contributed by atoms with E-state index < -0.39 is 5.97 Å². The fourth-order valence-electron chi connectivity index (χ4n) is 5.65. The van der Waals surface area contributed by atoms with E-state index >= 15 is 0 Å². The van der Waals surface area contributed by atoms with E-state index in [1.54, 1.807) is 30.3 Å². The number of halogens is 1. The lowest BCUT2D eigenvalue weighted by Crippen LogP contribution is -2.76. The Balaban J connectivity index is 1.37. The Labute approximate surface area is 288 Å². The summed E-state index contributed by atoms with van der Waals surface area (Å²) in [5, 5.41) is 11.1. The van der Waals surface area contributed by atoms with E-state index in [1.807, 2.05) is 30.3 Å². The number of ether oxygens (including phenoxy) is 1. The maximum Gasteiger partial charge on any atom is 0.338 e. The largest absolute Gasteiger partial charge is 0.462 e. The lowest BCUT2D eigenvalue weighted by atomic mass is 9.89. The van der Waals surface area contributed by atoms with Gasteiger partial charge in [0.15, 0.2) is 0 Å². The second kappa shape index (κ2) is 15.8. The minimum absolute atomic E-state index is 0.132. The minimum atomic E-state index is -0.442. The number of hydrogen-bond donors (Lipinski definition) is 4. The van der Waals surface area contributed by atoms with E-state index in [9.17, 15) is 14.4 Å². The second-order valence-electron chi connectivity index (χ2n) is 11.4. The number of anilines is 2. The first-order valence-corrected chi connectivity index (χ1v) is 17.2. The molecular formula is C38H40BrN4O5+. The van der Waals surface area contributed by atoms with Crippen molar-refractivity contribution in [3.63, 3.8) is 0 Å². The van der Waals surface area contributed by atoms with E-state index in [2.05, 4.69) is 76.7 Å². The van der Waals surface area contributed by atoms with Crippen molar-refractivity contribution >= 4 is 56.1 Å². The summed E-state index contributed by atoms with van der Waals surface area (Å²) in [5.74, 6) is -0.157. The van der Waals surface area contributed by atoms with Crippen LogP contribution in [-0.4, -0.2) is 49.4 Å². The van der Waals surface area contributed by atoms with Crippen molar-refractivity contribution in [1.82, 2.24) is 5.32 Å². The molecular weight excluding hydrogens is 672 g/mol. The third-order valence-corrected chi connectivity index (χ3v) is 8.46. The number of carbonyl (C=O) groups excluding carboxylic acids is 3. The van der Waals surface area contributed by atoms with E-state index in [-0.39, 0.29) is 23.8 Å². The molecule has 0 aromatic heterocycles. The monoisotopic (exact) mass is 711 g/mol. The summed E-state index contributed by atoms with van der Waals surface area (Å²) < 4.78 is 12.2. The van der Waals surface area contributed by atoms with E-state index in [0.717, 1.165) is 57.3 Å². The van der Waals surface area contributed by atoms with Crippen LogP contribution in [0.1, 0.15) is 52.1 Å². The maximum absolute atomic E-state index is 13.6. The fourth-order valence-corrected chi connectivity index (χ4v) is 5.79. The molecule has 3 aromatic rings. The van der Waals surface area contributed by atoms with Crippen LogP contribution >= 0.6 is 15.9 Å². The summed E-state index contributed by atoms with van der Waals surface area (Å²) in [6, 6.07) is 22.4. The molecule has 1 heterocycles. The van der Waals surface area contributed by atoms with Gasteiger partial charge in [0.25, 0.3) is 5.91 Å². The number of aryl methyl sites for hydroxylation is 2. The molecule has 0 unspecified atom stereocenters. The van der Waals surface area contributed by atoms with Crippen molar-refractivity contribution in [2.75, 3.05) is 42.2 Å². The van der Waals surface area contributed by atoms with Gasteiger partial charge in [-0.2, -0.15) is 0 Å². The molecule has 2 amide bonds. The van der Waals surface area contributed by atoms with Crippen molar-refractivity contribution in [2.45, 2.75) is 34.1 Å². The lowest BCUT2D eigenvalue weighted by molar-refractivity contribution is -0.496. The highest BCUT2D eigenvalue weighted by Gasteiger charge is 2.24. The molecule has 0 saturated heterocycles. The quantitative estimate of drug-likeness (QED) is 0.0582. The number of nitrogens with one attached hydrogen (secondary N) is 4. The van der Waals surface area contributed by atoms with Crippen molar-refractivity contribution < 1.29 is 28.5 Å². The molecule has 9 nitrogen and oxygen atoms in total. The van der Waals surface area contributed by atoms with Gasteiger partial charge in [-0.1, -0.05) is 34.1 Å². The highest BCUT2D eigenvalue weighted by atomic mass is 79.9. The third kappa shape index (κ3) is 7.77. The molecule has 0 saturated carbocycles. The predicted octanol–water partition coefficient (Wildman–Crippen LogP) is 5.56. The highest BCUT2D eigenvalue weighted by Crippen LogP contribution is 2.43. The first-order chi connectivity index (χ1) is 23.2. The Morgan fingerprint density at radius 2 is 1.69 bits per heavy atom. The van der Waals surface area contributed by atoms with Gasteiger partial charge in [0.1, 0.15) is 17.9 Å². The smallest absolute Gasteiger partial charge is 0.338 e. The molecule has 248 valence electrons. The lowest BCUT2D eigenvalue weighted by Gasteiger charge is -2.19. The molecule has 1 aliphatic carbocycles. The summed E-state index contributed by atoms with van der Waals surface area (Å²) in [4.78, 5) is 41.1. The Kier molecular flexibility index (Phi) is 11.3. The summed E-state index contributed by atoms with van der Waals surface area (Å²) in [6.07, 6.45) is 0.438. The fraction of sp³-hybridized carbons (Fsp3) is 0.263. The summed E-state index contributed by atoms with van der Waals surface area (Å²) >= 11 is 3.11. The Hall–Kier alpha value is -4.96. The number of hydrogen-bond acceptors (Lipinski definition) is 6. The van der Waals surface area contributed by atoms with E-state index in [4.69, 9.17) is 9.15 Å². The number of benzene rings is 4. The Morgan fingerprint density at radius 3 is 2.42 bits per heavy atom. The SMILES string of the molecule is CCNc1cc2oc3cc(=[NH+]CC)c(C)cc-3c(-c3ccccc3C(=O)OCCCNC(=O)c3ccc(NC(=O)CBr)cc3)c2cc1C. The molecule has 10 heteroatoms. The van der Waals surface area contributed by atoms with Gasteiger partial charge in [-0.15, -0.1) is 0 Å². The molecule has 0 fully saturated rings. The molecule has 1 aliphatic heterocycles. The average molecular weight is 713 g/mol. The first-order valence-electron chi connectivity index (χ1n) is 16.1. The van der Waals surface area contributed by atoms with Gasteiger partial charge in [0.2, 0.25) is 11.3 Å². The molecule has 48 heavy (non-hydrogen) atoms. The van der Waals surface area contributed by atoms with E-state index in [1.165, 1.54) is 0 Å². The van der Waals surface area contributed by atoms with Crippen LogP contribution in [-0.2, 0) is 9.53 Å². The van der Waals surface area contributed by atoms with Gasteiger partial charge in [-0.3, -0.25) is 9.59 Å². The predicted molar refractivity (Wildman–Crippen MR) is 193 cm³/mol. The number of amides is 2. The molecule has 0 radical (unpaired) electrons. The summed E-state index contributed by atoms with van der Waals surface area (Å²) in [6.45, 7) is 10.2. The van der Waals surface area contributed by atoms with Crippen LogP contribution in [0.3, 0.4) is 0 Å². The van der Waals surface area contributed by atoms with Gasteiger partial charge in [-0.05, 0) is 87.7 Å². The number of esters is 1. The van der Waals surface area contributed by atoms with Crippen molar-refractivity contribution in [3.05, 3.63) is 100 Å². The van der Waals surface area contributed by atoms with Crippen molar-refractivity contribution in [2.24, 2.45) is 0 Å². The van der Waals surface area contributed by atoms with Crippen molar-refractivity contribution in [1.29, 1.82) is 0 Å². The van der Waals surface area contributed by atoms with Gasteiger partial charge in [0.05, 0.1) is 23.6 Å². The van der Waals surface area contributed by atoms with Crippen LogP contribution < -0.4 is 26.3 Å². The summed E-state index contributed by atoms with van der Waals surface area (Å²) in [5.41, 5.74) is 7.92. The molecule has 2 aliphatic rings. The van der Waals surface area contributed by atoms with Gasteiger partial charge in [-0.25, -0.2) is 9.79 Å². The molecule has 3 aromatic carbocycles. The first kappa shape index (κ1) is 34.4. The standard InChI is InChI=1S/C38H39BrN4O5/c1-5-40-31-20-33-29(18-23(31)3)36(30-19-24(4)32(41-6-2)21-34(30)48-33)27-10-7-8-11-28(27)38(46)47-17-9-16-42-37(45)25-12-14-26(15-13-25)43-35(44)22-39/h7-8,10-15,18-21,40H,5-6,9,16-17,22H2,1-4H3,(H,42,45)(H,43,44)/p+1. The van der Waals surface area contributed by atoms with Gasteiger partial charge >= 0.3 is 5.97 Å². The molecule has 0 bridgehead atoms. The van der Waals surface area contributed by atoms with Crippen LogP contribution in [0.2, 0.25) is 0 Å². The number of rotatable bonds is 12. The second-order valence-corrected chi connectivity index (χ2v) is 12.0. The van der Waals surface area contributed by atoms with E-state index in [0.29, 0.717) is 41.1 Å². The zero-order chi connectivity index (χ0) is 34.2. The highest BCUT2D eigenvalue weighted by molar-refractivity contribution is 9.09. The molecule has 0 spiro atoms. The van der Waals surface area contributed by atoms with Gasteiger partial charge < -0.3 is 25.1 Å². The van der Waals surface area contributed by atoms with Crippen molar-refractivity contribution in [3.8, 4) is 22.5 Å². The molecule has 5 rings (SSSR count). The zero-order valence-electron chi connectivity index (χ0n) is 27.6. The van der Waals surface area contributed by atoms with Crippen LogP contribution in [0.25, 0.3) is 33.4 Å². The van der Waals surface area contributed by atoms with Crippen LogP contribution in [0.4, 0.5) is 11.4 Å². The Morgan fingerprint density at radius 1 is 0.917 bits per heavy atom. The third-order valence-electron chi connectivity index (χ3n) is 7.95. The summed E-state index contributed by atoms with van der Waals surface area (Å²) in [7, 11) is 0. The van der Waals surface area contributed by atoms with Crippen LogP contribution in [0.15, 0.2) is 77.2 Å². The maximum atomic E-state index is 13.6. The number of carbonyl (C=O) groups is 3. The molecule has 4 N–H and O–H groups in total. The van der Waals surface area contributed by atoms with Gasteiger partial charge in [0, 0.05) is 58.2 Å². The Bertz CT molecular complexity index is 2000. The number of fused-ring (bicyclic) bond motifs is 2. The number of alkyl halides is 1. The average Bonchev–Trinajstić information content (AvgIpc) is 3.08. The molecule has 0 atom stereocenters. The topological polar surface area (TPSA) is 124 Å².